The number of nitrogens with one attached hydrogen (secondary N) is 1. The van der Waals surface area contributed by atoms with Gasteiger partial charge in [0.2, 0.25) is 11.8 Å². The van der Waals surface area contributed by atoms with E-state index >= 15 is 0 Å². The van der Waals surface area contributed by atoms with E-state index in [1.54, 1.807) is 12.0 Å². The summed E-state index contributed by atoms with van der Waals surface area (Å²) in [7, 11) is 1.60. The summed E-state index contributed by atoms with van der Waals surface area (Å²) in [6.45, 7) is 4.57. The van der Waals surface area contributed by atoms with Crippen LogP contribution in [0, 0.1) is 5.92 Å². The molecule has 1 unspecified atom stereocenters. The highest BCUT2D eigenvalue weighted by Gasteiger charge is 2.29. The summed E-state index contributed by atoms with van der Waals surface area (Å²) in [6.07, 6.45) is 4.07. The molecule has 1 heterocycles. The maximum Gasteiger partial charge on any atom is 0.239 e. The fourth-order valence-electron chi connectivity index (χ4n) is 2.50. The van der Waals surface area contributed by atoms with E-state index < -0.39 is 6.04 Å². The zero-order valence-corrected chi connectivity index (χ0v) is 13.3. The van der Waals surface area contributed by atoms with Gasteiger partial charge in [0.25, 0.3) is 0 Å². The Kier molecular flexibility index (Phi) is 8.30. The molecule has 0 aliphatic carbocycles. The van der Waals surface area contributed by atoms with Crippen molar-refractivity contribution in [1.82, 2.24) is 10.2 Å². The number of likely N-dealkylation sites (tertiary alicyclic amines) is 1. The lowest BCUT2D eigenvalue weighted by molar-refractivity contribution is -0.137. The van der Waals surface area contributed by atoms with Gasteiger partial charge in [0.1, 0.15) is 0 Å². The van der Waals surface area contributed by atoms with Gasteiger partial charge in [-0.1, -0.05) is 13.3 Å². The molecule has 3 N–H and O–H groups in total. The fraction of sp³-hybridized carbons (Fsp3) is 0.867. The first-order valence-corrected chi connectivity index (χ1v) is 7.91. The Balaban J connectivity index is 2.31. The van der Waals surface area contributed by atoms with Gasteiger partial charge in [-0.05, 0) is 25.7 Å². The molecule has 0 aromatic carbocycles. The highest BCUT2D eigenvalue weighted by atomic mass is 16.5. The molecule has 6 nitrogen and oxygen atoms in total. The van der Waals surface area contributed by atoms with Gasteiger partial charge in [-0.15, -0.1) is 0 Å². The molecule has 0 aromatic heterocycles. The number of rotatable bonds is 8. The third kappa shape index (κ3) is 6.01. The van der Waals surface area contributed by atoms with Crippen LogP contribution in [0.5, 0.6) is 0 Å². The second kappa shape index (κ2) is 9.73. The molecule has 1 aliphatic rings. The monoisotopic (exact) mass is 299 g/mol. The van der Waals surface area contributed by atoms with Gasteiger partial charge < -0.3 is 20.7 Å². The maximum absolute atomic E-state index is 12.1. The van der Waals surface area contributed by atoms with Crippen LogP contribution in [0.4, 0.5) is 0 Å². The number of hydrogen-bond donors (Lipinski definition) is 2. The molecular weight excluding hydrogens is 270 g/mol. The van der Waals surface area contributed by atoms with E-state index in [-0.39, 0.29) is 17.7 Å². The molecular formula is C15H29N3O3. The van der Waals surface area contributed by atoms with Crippen LogP contribution in [-0.2, 0) is 14.3 Å². The van der Waals surface area contributed by atoms with Crippen molar-refractivity contribution in [3.63, 3.8) is 0 Å². The van der Waals surface area contributed by atoms with Crippen LogP contribution in [-0.4, -0.2) is 56.1 Å². The molecule has 1 rings (SSSR count). The van der Waals surface area contributed by atoms with Crippen molar-refractivity contribution in [3.8, 4) is 0 Å². The van der Waals surface area contributed by atoms with Gasteiger partial charge in [-0.3, -0.25) is 9.59 Å². The number of piperidine rings is 1. The van der Waals surface area contributed by atoms with Crippen molar-refractivity contribution in [2.75, 3.05) is 33.4 Å². The van der Waals surface area contributed by atoms with Gasteiger partial charge in [0.15, 0.2) is 0 Å². The number of amides is 2. The number of carbonyl (C=O) groups excluding carboxylic acids is 2. The van der Waals surface area contributed by atoms with Crippen molar-refractivity contribution in [2.45, 2.75) is 45.1 Å². The third-order valence-electron chi connectivity index (χ3n) is 3.96. The normalized spacial score (nSPS) is 17.6. The number of hydrogen-bond acceptors (Lipinski definition) is 4. The lowest BCUT2D eigenvalue weighted by Gasteiger charge is -2.33. The summed E-state index contributed by atoms with van der Waals surface area (Å²) in [5.41, 5.74) is 5.86. The number of carbonyl (C=O) groups is 2. The largest absolute Gasteiger partial charge is 0.385 e. The molecule has 6 heteroatoms. The number of nitrogens with two attached hydrogens (primary N) is 1. The van der Waals surface area contributed by atoms with Crippen LogP contribution in [0.3, 0.4) is 0 Å². The van der Waals surface area contributed by atoms with Crippen LogP contribution in [0.1, 0.15) is 39.0 Å². The summed E-state index contributed by atoms with van der Waals surface area (Å²) in [5.74, 6) is 0.122. The molecule has 0 aromatic rings. The van der Waals surface area contributed by atoms with E-state index in [2.05, 4.69) is 12.2 Å². The van der Waals surface area contributed by atoms with Crippen LogP contribution in [0.15, 0.2) is 0 Å². The van der Waals surface area contributed by atoms with E-state index in [4.69, 9.17) is 10.5 Å². The second-order valence-corrected chi connectivity index (χ2v) is 5.63. The molecule has 2 amide bonds. The molecule has 1 aliphatic heterocycles. The van der Waals surface area contributed by atoms with E-state index in [0.717, 1.165) is 32.2 Å². The van der Waals surface area contributed by atoms with Crippen LogP contribution in [0.25, 0.3) is 0 Å². The van der Waals surface area contributed by atoms with Gasteiger partial charge in [-0.2, -0.15) is 0 Å². The molecule has 1 fully saturated rings. The quantitative estimate of drug-likeness (QED) is 0.639. The molecule has 1 atom stereocenters. The number of methoxy groups -OCH3 is 1. The van der Waals surface area contributed by atoms with Crippen molar-refractivity contribution in [2.24, 2.45) is 11.7 Å². The van der Waals surface area contributed by atoms with Crippen molar-refractivity contribution in [1.29, 1.82) is 0 Å². The Morgan fingerprint density at radius 1 is 1.38 bits per heavy atom. The lowest BCUT2D eigenvalue weighted by Crippen LogP contribution is -2.49. The van der Waals surface area contributed by atoms with Crippen molar-refractivity contribution in [3.05, 3.63) is 0 Å². The van der Waals surface area contributed by atoms with Gasteiger partial charge in [0, 0.05) is 39.3 Å². The molecule has 0 bridgehead atoms. The maximum atomic E-state index is 12.1. The van der Waals surface area contributed by atoms with E-state index in [1.165, 1.54) is 0 Å². The first kappa shape index (κ1) is 17.9. The average Bonchev–Trinajstić information content (AvgIpc) is 2.52. The minimum atomic E-state index is -0.500. The molecule has 0 spiro atoms. The van der Waals surface area contributed by atoms with Crippen LogP contribution in [0.2, 0.25) is 0 Å². The lowest BCUT2D eigenvalue weighted by atomic mass is 9.95. The van der Waals surface area contributed by atoms with Crippen molar-refractivity contribution < 1.29 is 14.3 Å². The van der Waals surface area contributed by atoms with E-state index in [0.29, 0.717) is 26.1 Å². The Labute approximate surface area is 127 Å². The Morgan fingerprint density at radius 3 is 2.62 bits per heavy atom. The zero-order valence-electron chi connectivity index (χ0n) is 13.3. The van der Waals surface area contributed by atoms with Gasteiger partial charge in [-0.25, -0.2) is 0 Å². The summed E-state index contributed by atoms with van der Waals surface area (Å²) >= 11 is 0. The highest BCUT2D eigenvalue weighted by molar-refractivity contribution is 5.82. The average molecular weight is 299 g/mol. The summed E-state index contributed by atoms with van der Waals surface area (Å²) in [6, 6.07) is -0.500. The van der Waals surface area contributed by atoms with E-state index in [1.807, 2.05) is 0 Å². The van der Waals surface area contributed by atoms with E-state index in [9.17, 15) is 9.59 Å². The zero-order chi connectivity index (χ0) is 15.7. The van der Waals surface area contributed by atoms with Gasteiger partial charge >= 0.3 is 0 Å². The summed E-state index contributed by atoms with van der Waals surface area (Å²) < 4.78 is 4.94. The fourth-order valence-corrected chi connectivity index (χ4v) is 2.50. The first-order valence-electron chi connectivity index (χ1n) is 7.91. The molecule has 122 valence electrons. The topological polar surface area (TPSA) is 84.7 Å². The number of unbranched alkanes of at least 4 members (excludes halogenated alkanes) is 1. The molecule has 1 saturated heterocycles. The Morgan fingerprint density at radius 2 is 2.05 bits per heavy atom. The molecule has 0 radical (unpaired) electrons. The number of ether oxygens (including phenoxy) is 1. The minimum absolute atomic E-state index is 0.0288. The standard InChI is InChI=1S/C15H29N3O3/c1-3-4-8-17-14(19)12-5-9-18(10-6-12)15(20)13(16)7-11-21-2/h12-13H,3-11,16H2,1-2H3,(H,17,19). The first-order chi connectivity index (χ1) is 10.1. The summed E-state index contributed by atoms with van der Waals surface area (Å²) in [5, 5.41) is 2.96. The van der Waals surface area contributed by atoms with Crippen LogP contribution < -0.4 is 11.1 Å². The predicted molar refractivity (Wildman–Crippen MR) is 81.7 cm³/mol. The SMILES string of the molecule is CCCCNC(=O)C1CCN(C(=O)C(N)CCOC)CC1. The third-order valence-corrected chi connectivity index (χ3v) is 3.96. The Bertz CT molecular complexity index is 328. The molecule has 21 heavy (non-hydrogen) atoms. The van der Waals surface area contributed by atoms with Crippen molar-refractivity contribution >= 4 is 11.8 Å². The smallest absolute Gasteiger partial charge is 0.239 e. The second-order valence-electron chi connectivity index (χ2n) is 5.63. The van der Waals surface area contributed by atoms with Gasteiger partial charge in [0.05, 0.1) is 6.04 Å². The van der Waals surface area contributed by atoms with Crippen LogP contribution >= 0.6 is 0 Å². The minimum Gasteiger partial charge on any atom is -0.385 e. The predicted octanol–water partition coefficient (Wildman–Crippen LogP) is 0.505. The molecule has 0 saturated carbocycles. The number of nitrogens with zero attached hydrogens (tertiary/aromatic N) is 1. The highest BCUT2D eigenvalue weighted by Crippen LogP contribution is 2.18. The Hall–Kier alpha value is -1.14. The summed E-state index contributed by atoms with van der Waals surface area (Å²) in [4.78, 5) is 25.9.